The van der Waals surface area contributed by atoms with Crippen molar-refractivity contribution >= 4 is 56.5 Å². The molecule has 3 heterocycles. The van der Waals surface area contributed by atoms with Crippen LogP contribution in [0.5, 0.6) is 0 Å². The second kappa shape index (κ2) is 8.21. The number of rotatable bonds is 6. The Hall–Kier alpha value is -1.56. The molecule has 0 fully saturated rings. The summed E-state index contributed by atoms with van der Waals surface area (Å²) in [6.45, 7) is 5.23. The Bertz CT molecular complexity index is 774. The van der Waals surface area contributed by atoms with Crippen LogP contribution in [-0.4, -0.2) is 50.7 Å². The van der Waals surface area contributed by atoms with Crippen LogP contribution in [0.25, 0.3) is 0 Å². The summed E-state index contributed by atoms with van der Waals surface area (Å²) in [4.78, 5) is 30.9. The Morgan fingerprint density at radius 2 is 2.08 bits per heavy atom. The van der Waals surface area contributed by atoms with Crippen molar-refractivity contribution in [3.8, 4) is 0 Å². The minimum atomic E-state index is -0.125. The average molecular weight is 399 g/mol. The number of fused-ring (bicyclic) bond motifs is 1. The molecule has 1 aliphatic heterocycles. The summed E-state index contributed by atoms with van der Waals surface area (Å²) in [6.07, 6.45) is 0.773. The molecule has 0 aromatic carbocycles. The monoisotopic (exact) mass is 398 g/mol. The van der Waals surface area contributed by atoms with Crippen LogP contribution in [0.4, 0.5) is 10.3 Å². The fourth-order valence-corrected chi connectivity index (χ4v) is 5.15. The Morgan fingerprint density at radius 1 is 1.24 bits per heavy atom. The third-order valence-corrected chi connectivity index (χ3v) is 6.23. The number of hydrogen-bond acceptors (Lipinski definition) is 9. The Kier molecular flexibility index (Phi) is 5.99. The van der Waals surface area contributed by atoms with Crippen LogP contribution in [0.15, 0.2) is 4.34 Å². The molecule has 0 bridgehead atoms. The Morgan fingerprint density at radius 3 is 2.84 bits per heavy atom. The van der Waals surface area contributed by atoms with Gasteiger partial charge in [0.15, 0.2) is 9.47 Å². The molecule has 0 spiro atoms. The molecule has 2 aromatic heterocycles. The van der Waals surface area contributed by atoms with Gasteiger partial charge in [-0.05, 0) is 5.75 Å². The average Bonchev–Trinajstić information content (AvgIpc) is 3.12. The number of anilines is 2. The first-order chi connectivity index (χ1) is 12.0. The maximum Gasteiger partial charge on any atom is 0.240 e. The Labute approximate surface area is 157 Å². The van der Waals surface area contributed by atoms with E-state index >= 15 is 0 Å². The van der Waals surface area contributed by atoms with E-state index in [1.54, 1.807) is 11.8 Å². The number of thioether (sulfide) groups is 1. The predicted octanol–water partition coefficient (Wildman–Crippen LogP) is 2.06. The van der Waals surface area contributed by atoms with Crippen molar-refractivity contribution in [1.29, 1.82) is 0 Å². The van der Waals surface area contributed by atoms with Crippen molar-refractivity contribution in [3.05, 3.63) is 10.6 Å². The summed E-state index contributed by atoms with van der Waals surface area (Å²) in [5.74, 6) is 0.702. The van der Waals surface area contributed by atoms with Crippen LogP contribution in [0.2, 0.25) is 0 Å². The van der Waals surface area contributed by atoms with E-state index in [1.165, 1.54) is 29.6 Å². The van der Waals surface area contributed by atoms with Crippen molar-refractivity contribution in [2.75, 3.05) is 29.5 Å². The van der Waals surface area contributed by atoms with E-state index in [0.717, 1.165) is 33.6 Å². The van der Waals surface area contributed by atoms with E-state index in [0.29, 0.717) is 23.4 Å². The number of aromatic nitrogens is 3. The summed E-state index contributed by atoms with van der Waals surface area (Å²) in [5.41, 5.74) is 1.01. The number of carbonyl (C=O) groups excluding carboxylic acids is 2. The second-order valence-corrected chi connectivity index (χ2v) is 8.96. The summed E-state index contributed by atoms with van der Waals surface area (Å²) in [6, 6.07) is 0. The molecule has 134 valence electrons. The lowest BCUT2D eigenvalue weighted by atomic mass is 10.2. The molecule has 3 rings (SSSR count). The van der Waals surface area contributed by atoms with Gasteiger partial charge in [0.2, 0.25) is 16.9 Å². The summed E-state index contributed by atoms with van der Waals surface area (Å²) < 4.78 is 0.857. The SMILES string of the molecule is CCSc1nnc(NC(=O)CN2CCc3nc(NC(C)=O)sc3C2)s1. The van der Waals surface area contributed by atoms with Gasteiger partial charge >= 0.3 is 0 Å². The fraction of sp³-hybridized carbons (Fsp3) is 0.500. The van der Waals surface area contributed by atoms with Crippen LogP contribution in [-0.2, 0) is 22.6 Å². The summed E-state index contributed by atoms with van der Waals surface area (Å²) in [5, 5.41) is 14.7. The third-order valence-electron chi connectivity index (χ3n) is 3.38. The maximum absolute atomic E-state index is 12.2. The van der Waals surface area contributed by atoms with Crippen LogP contribution in [0, 0.1) is 0 Å². The highest BCUT2D eigenvalue weighted by molar-refractivity contribution is 8.01. The molecule has 0 aliphatic carbocycles. The molecule has 0 unspecified atom stereocenters. The lowest BCUT2D eigenvalue weighted by Gasteiger charge is -2.24. The molecule has 0 atom stereocenters. The molecule has 2 N–H and O–H groups in total. The molecule has 2 aromatic rings. The zero-order valence-corrected chi connectivity index (χ0v) is 16.3. The minimum absolute atomic E-state index is 0.0979. The van der Waals surface area contributed by atoms with E-state index in [-0.39, 0.29) is 11.8 Å². The molecule has 0 radical (unpaired) electrons. The number of thiazole rings is 1. The van der Waals surface area contributed by atoms with Gasteiger partial charge in [0.25, 0.3) is 0 Å². The van der Waals surface area contributed by atoms with Gasteiger partial charge in [0, 0.05) is 31.3 Å². The molecule has 1 aliphatic rings. The second-order valence-electron chi connectivity index (χ2n) is 5.39. The molecule has 11 heteroatoms. The van der Waals surface area contributed by atoms with Crippen molar-refractivity contribution in [3.63, 3.8) is 0 Å². The van der Waals surface area contributed by atoms with E-state index in [4.69, 9.17) is 0 Å². The zero-order chi connectivity index (χ0) is 17.8. The highest BCUT2D eigenvalue weighted by Gasteiger charge is 2.23. The lowest BCUT2D eigenvalue weighted by molar-refractivity contribution is -0.117. The van der Waals surface area contributed by atoms with E-state index in [1.807, 2.05) is 6.92 Å². The topological polar surface area (TPSA) is 100 Å². The number of nitrogens with one attached hydrogen (secondary N) is 2. The molecular weight excluding hydrogens is 380 g/mol. The lowest BCUT2D eigenvalue weighted by Crippen LogP contribution is -2.36. The van der Waals surface area contributed by atoms with Gasteiger partial charge in [0.1, 0.15) is 0 Å². The van der Waals surface area contributed by atoms with Crippen molar-refractivity contribution < 1.29 is 9.59 Å². The predicted molar refractivity (Wildman–Crippen MR) is 100 cm³/mol. The first-order valence-electron chi connectivity index (χ1n) is 7.78. The molecule has 2 amide bonds. The van der Waals surface area contributed by atoms with Gasteiger partial charge in [-0.2, -0.15) is 0 Å². The van der Waals surface area contributed by atoms with E-state index < -0.39 is 0 Å². The highest BCUT2D eigenvalue weighted by Crippen LogP contribution is 2.28. The number of nitrogens with zero attached hydrogens (tertiary/aromatic N) is 4. The summed E-state index contributed by atoms with van der Waals surface area (Å²) in [7, 11) is 0. The van der Waals surface area contributed by atoms with Gasteiger partial charge < -0.3 is 5.32 Å². The third kappa shape index (κ3) is 4.97. The highest BCUT2D eigenvalue weighted by atomic mass is 32.2. The van der Waals surface area contributed by atoms with Gasteiger partial charge in [0.05, 0.1) is 12.2 Å². The van der Waals surface area contributed by atoms with E-state index in [2.05, 4.69) is 30.7 Å². The first-order valence-corrected chi connectivity index (χ1v) is 10.4. The first kappa shape index (κ1) is 18.2. The van der Waals surface area contributed by atoms with Crippen molar-refractivity contribution in [2.45, 2.75) is 31.2 Å². The minimum Gasteiger partial charge on any atom is -0.302 e. The molecule has 0 saturated heterocycles. The van der Waals surface area contributed by atoms with Crippen molar-refractivity contribution in [2.24, 2.45) is 0 Å². The molecule has 25 heavy (non-hydrogen) atoms. The number of hydrogen-bond donors (Lipinski definition) is 2. The van der Waals surface area contributed by atoms with Crippen LogP contribution < -0.4 is 10.6 Å². The van der Waals surface area contributed by atoms with Gasteiger partial charge in [-0.1, -0.05) is 30.0 Å². The van der Waals surface area contributed by atoms with Gasteiger partial charge in [-0.25, -0.2) is 4.98 Å². The summed E-state index contributed by atoms with van der Waals surface area (Å²) >= 11 is 4.46. The fourth-order valence-electron chi connectivity index (χ4n) is 2.39. The van der Waals surface area contributed by atoms with Crippen LogP contribution >= 0.6 is 34.4 Å². The number of amides is 2. The van der Waals surface area contributed by atoms with Crippen LogP contribution in [0.1, 0.15) is 24.4 Å². The smallest absolute Gasteiger partial charge is 0.240 e. The normalized spacial score (nSPS) is 14.2. The van der Waals surface area contributed by atoms with Gasteiger partial charge in [-0.15, -0.1) is 21.5 Å². The zero-order valence-electron chi connectivity index (χ0n) is 13.9. The molecular formula is C14H18N6O2S3. The molecule has 0 saturated carbocycles. The maximum atomic E-state index is 12.2. The molecule has 8 nitrogen and oxygen atoms in total. The largest absolute Gasteiger partial charge is 0.302 e. The van der Waals surface area contributed by atoms with Gasteiger partial charge in [-0.3, -0.25) is 19.8 Å². The standard InChI is InChI=1S/C14H18N6O2S3/c1-3-23-14-19-18-13(25-14)17-11(22)7-20-5-4-9-10(6-20)24-12(16-9)15-8(2)21/h3-7H2,1-2H3,(H,15,16,21)(H,17,18,22). The number of carbonyl (C=O) groups is 2. The quantitative estimate of drug-likeness (QED) is 0.567. The Balaban J connectivity index is 1.54. The van der Waals surface area contributed by atoms with Crippen molar-refractivity contribution in [1.82, 2.24) is 20.1 Å². The van der Waals surface area contributed by atoms with Crippen LogP contribution in [0.3, 0.4) is 0 Å². The van der Waals surface area contributed by atoms with E-state index in [9.17, 15) is 9.59 Å².